The summed E-state index contributed by atoms with van der Waals surface area (Å²) in [7, 11) is 0. The summed E-state index contributed by atoms with van der Waals surface area (Å²) in [6, 6.07) is 0. The van der Waals surface area contributed by atoms with E-state index in [2.05, 4.69) is 27.7 Å². The fourth-order valence-corrected chi connectivity index (χ4v) is 9.30. The van der Waals surface area contributed by atoms with Gasteiger partial charge in [-0.05, 0) is 111 Å². The van der Waals surface area contributed by atoms with Gasteiger partial charge < -0.3 is 5.11 Å². The molecule has 26 heavy (non-hydrogen) atoms. The number of aliphatic hydroxyl groups excluding tert-OH is 1. The minimum Gasteiger partial charge on any atom is -0.393 e. The molecular formula is C25H44O. The van der Waals surface area contributed by atoms with E-state index < -0.39 is 0 Å². The summed E-state index contributed by atoms with van der Waals surface area (Å²) in [4.78, 5) is 0. The molecule has 4 aliphatic rings. The van der Waals surface area contributed by atoms with Crippen molar-refractivity contribution in [2.75, 3.05) is 0 Å². The van der Waals surface area contributed by atoms with Gasteiger partial charge in [0.25, 0.3) is 0 Å². The molecule has 0 saturated heterocycles. The van der Waals surface area contributed by atoms with Crippen molar-refractivity contribution >= 4 is 0 Å². The molecule has 0 aromatic rings. The van der Waals surface area contributed by atoms with Crippen LogP contribution in [-0.2, 0) is 0 Å². The predicted octanol–water partition coefficient (Wildman–Crippen LogP) is 6.83. The van der Waals surface area contributed by atoms with Gasteiger partial charge in [-0.15, -0.1) is 0 Å². The fourth-order valence-electron chi connectivity index (χ4n) is 9.30. The predicted molar refractivity (Wildman–Crippen MR) is 110 cm³/mol. The van der Waals surface area contributed by atoms with E-state index in [-0.39, 0.29) is 6.10 Å². The molecule has 150 valence electrons. The Hall–Kier alpha value is -0.0400. The van der Waals surface area contributed by atoms with Crippen LogP contribution in [0.5, 0.6) is 0 Å². The number of hydrogen-bond acceptors (Lipinski definition) is 1. The summed E-state index contributed by atoms with van der Waals surface area (Å²) < 4.78 is 0. The molecule has 4 fully saturated rings. The van der Waals surface area contributed by atoms with Crippen LogP contribution in [0.3, 0.4) is 0 Å². The lowest BCUT2D eigenvalue weighted by Crippen LogP contribution is -2.54. The van der Waals surface area contributed by atoms with Crippen LogP contribution in [0, 0.1) is 46.3 Å². The molecule has 0 aromatic heterocycles. The first-order chi connectivity index (χ1) is 12.5. The monoisotopic (exact) mass is 360 g/mol. The van der Waals surface area contributed by atoms with Crippen molar-refractivity contribution in [3.05, 3.63) is 0 Å². The van der Waals surface area contributed by atoms with Gasteiger partial charge >= 0.3 is 0 Å². The Labute approximate surface area is 162 Å². The minimum atomic E-state index is -0.00583. The first-order valence-electron chi connectivity index (χ1n) is 12.1. The average Bonchev–Trinajstić information content (AvgIpc) is 3.02. The maximum absolute atomic E-state index is 10.2. The molecule has 0 aliphatic heterocycles. The minimum absolute atomic E-state index is 0.00583. The van der Waals surface area contributed by atoms with Crippen LogP contribution >= 0.6 is 0 Å². The molecule has 1 unspecified atom stereocenters. The Bertz CT molecular complexity index is 500. The molecule has 0 aromatic carbocycles. The van der Waals surface area contributed by atoms with Gasteiger partial charge in [-0.3, -0.25) is 0 Å². The van der Waals surface area contributed by atoms with Crippen LogP contribution in [0.4, 0.5) is 0 Å². The zero-order chi connectivity index (χ0) is 18.5. The Morgan fingerprint density at radius 1 is 0.962 bits per heavy atom. The SMILES string of the molecule is CCCC(C)[C@H]1CC[C@H]2[C@@H]3CC[C@@H]4C[C@H](O)CC[C@]4(C)[C@H]3CC[C@]12CC. The Morgan fingerprint density at radius 3 is 2.50 bits per heavy atom. The highest BCUT2D eigenvalue weighted by molar-refractivity contribution is 5.10. The zero-order valence-electron chi connectivity index (χ0n) is 18.0. The van der Waals surface area contributed by atoms with Gasteiger partial charge in [0.1, 0.15) is 0 Å². The lowest BCUT2D eigenvalue weighted by atomic mass is 9.43. The van der Waals surface area contributed by atoms with Gasteiger partial charge in [0, 0.05) is 0 Å². The average molecular weight is 361 g/mol. The molecule has 9 atom stereocenters. The fraction of sp³-hybridized carbons (Fsp3) is 1.00. The molecule has 0 bridgehead atoms. The molecule has 4 aliphatic carbocycles. The molecular weight excluding hydrogens is 316 g/mol. The van der Waals surface area contributed by atoms with Crippen LogP contribution in [-0.4, -0.2) is 11.2 Å². The summed E-state index contributed by atoms with van der Waals surface area (Å²) >= 11 is 0. The summed E-state index contributed by atoms with van der Waals surface area (Å²) in [5, 5.41) is 10.2. The second-order valence-electron chi connectivity index (χ2n) is 11.2. The van der Waals surface area contributed by atoms with Crippen LogP contribution in [0.25, 0.3) is 0 Å². The van der Waals surface area contributed by atoms with Gasteiger partial charge in [0.05, 0.1) is 6.10 Å². The van der Waals surface area contributed by atoms with Crippen molar-refractivity contribution in [3.8, 4) is 0 Å². The number of hydrogen-bond donors (Lipinski definition) is 1. The smallest absolute Gasteiger partial charge is 0.0543 e. The van der Waals surface area contributed by atoms with E-state index in [1.165, 1.54) is 64.2 Å². The van der Waals surface area contributed by atoms with Gasteiger partial charge in [0.15, 0.2) is 0 Å². The largest absolute Gasteiger partial charge is 0.393 e. The molecule has 4 saturated carbocycles. The highest BCUT2D eigenvalue weighted by Gasteiger charge is 2.61. The van der Waals surface area contributed by atoms with E-state index in [0.29, 0.717) is 10.8 Å². The lowest BCUT2D eigenvalue weighted by Gasteiger charge is -2.61. The Balaban J connectivity index is 1.59. The highest BCUT2D eigenvalue weighted by Crippen LogP contribution is 2.69. The molecule has 1 nitrogen and oxygen atoms in total. The van der Waals surface area contributed by atoms with Crippen molar-refractivity contribution < 1.29 is 5.11 Å². The van der Waals surface area contributed by atoms with E-state index in [1.807, 2.05) is 0 Å². The van der Waals surface area contributed by atoms with Crippen LogP contribution in [0.1, 0.15) is 105 Å². The van der Waals surface area contributed by atoms with Crippen molar-refractivity contribution in [1.29, 1.82) is 0 Å². The maximum Gasteiger partial charge on any atom is 0.0543 e. The first kappa shape index (κ1) is 19.3. The topological polar surface area (TPSA) is 20.2 Å². The van der Waals surface area contributed by atoms with E-state index in [1.54, 1.807) is 0 Å². The van der Waals surface area contributed by atoms with E-state index >= 15 is 0 Å². The van der Waals surface area contributed by atoms with Gasteiger partial charge in [-0.2, -0.15) is 0 Å². The van der Waals surface area contributed by atoms with E-state index in [0.717, 1.165) is 48.3 Å². The second-order valence-corrected chi connectivity index (χ2v) is 11.2. The highest BCUT2D eigenvalue weighted by atomic mass is 16.3. The third-order valence-electron chi connectivity index (χ3n) is 10.5. The lowest BCUT2D eigenvalue weighted by molar-refractivity contribution is -0.134. The first-order valence-corrected chi connectivity index (χ1v) is 12.1. The van der Waals surface area contributed by atoms with Crippen molar-refractivity contribution in [2.24, 2.45) is 46.3 Å². The Morgan fingerprint density at radius 2 is 1.77 bits per heavy atom. The standard InChI is InChI=1S/C25H44O/c1-5-7-17(3)21-10-11-23-20-9-8-18-16-19(26)12-14-24(18,4)22(20)13-15-25(21,23)6-2/h17-23,26H,5-16H2,1-4H3/t17?,18-,19-,20-,21-,22+,23+,24+,25-/m1/s1. The van der Waals surface area contributed by atoms with Gasteiger partial charge in [0.2, 0.25) is 0 Å². The molecule has 0 spiro atoms. The molecule has 1 N–H and O–H groups in total. The molecule has 0 amide bonds. The van der Waals surface area contributed by atoms with Gasteiger partial charge in [-0.1, -0.05) is 40.5 Å². The number of fused-ring (bicyclic) bond motifs is 5. The molecule has 0 heterocycles. The third-order valence-corrected chi connectivity index (χ3v) is 10.5. The third kappa shape index (κ3) is 2.73. The van der Waals surface area contributed by atoms with Crippen LogP contribution in [0.2, 0.25) is 0 Å². The molecule has 4 rings (SSSR count). The summed E-state index contributed by atoms with van der Waals surface area (Å²) in [5.41, 5.74) is 1.21. The van der Waals surface area contributed by atoms with Crippen molar-refractivity contribution in [2.45, 2.75) is 111 Å². The van der Waals surface area contributed by atoms with Crippen molar-refractivity contribution in [3.63, 3.8) is 0 Å². The number of aliphatic hydroxyl groups is 1. The second kappa shape index (κ2) is 7.09. The quantitative estimate of drug-likeness (QED) is 0.582. The van der Waals surface area contributed by atoms with Crippen molar-refractivity contribution in [1.82, 2.24) is 0 Å². The summed E-state index contributed by atoms with van der Waals surface area (Å²) in [6.07, 6.45) is 16.6. The normalized spacial score (nSPS) is 52.0. The summed E-state index contributed by atoms with van der Waals surface area (Å²) in [6.45, 7) is 10.1. The van der Waals surface area contributed by atoms with Crippen LogP contribution < -0.4 is 0 Å². The summed E-state index contributed by atoms with van der Waals surface area (Å²) in [5.74, 6) is 5.70. The van der Waals surface area contributed by atoms with E-state index in [4.69, 9.17) is 0 Å². The van der Waals surface area contributed by atoms with E-state index in [9.17, 15) is 5.11 Å². The zero-order valence-corrected chi connectivity index (χ0v) is 18.0. The maximum atomic E-state index is 10.2. The Kier molecular flexibility index (Phi) is 5.26. The van der Waals surface area contributed by atoms with Crippen LogP contribution in [0.15, 0.2) is 0 Å². The molecule has 1 heteroatoms. The molecule has 0 radical (unpaired) electrons. The number of rotatable bonds is 4. The van der Waals surface area contributed by atoms with Gasteiger partial charge in [-0.25, -0.2) is 0 Å².